The molecule has 0 unspecified atom stereocenters. The second-order valence-electron chi connectivity index (χ2n) is 4.29. The molecule has 0 spiro atoms. The van der Waals surface area contributed by atoms with E-state index < -0.39 is 0 Å². The van der Waals surface area contributed by atoms with Gasteiger partial charge in [-0.1, -0.05) is 0 Å². The topological polar surface area (TPSA) is 52.6 Å². The predicted octanol–water partition coefficient (Wildman–Crippen LogP) is -2.05. The molecule has 4 nitrogen and oxygen atoms in total. The van der Waals surface area contributed by atoms with Crippen LogP contribution in [0.5, 0.6) is 0 Å². The first-order chi connectivity index (χ1) is 7.11. The molecule has 0 aliphatic heterocycles. The number of ether oxygens (including phenoxy) is 2. The Labute approximate surface area is 128 Å². The van der Waals surface area contributed by atoms with Crippen LogP contribution in [-0.4, -0.2) is 25.2 Å². The van der Waals surface area contributed by atoms with Crippen molar-refractivity contribution in [2.24, 2.45) is 17.8 Å². The fraction of sp³-hybridized carbons (Fsp3) is 0.727. The summed E-state index contributed by atoms with van der Waals surface area (Å²) < 4.78 is 9.90. The van der Waals surface area contributed by atoms with Gasteiger partial charge in [0.15, 0.2) is 0 Å². The number of carbonyl (C=O) groups excluding carboxylic acids is 2. The molecule has 2 rings (SSSR count). The number of hydrogen-bond donors (Lipinski definition) is 0. The van der Waals surface area contributed by atoms with Gasteiger partial charge in [0.1, 0.15) is 6.10 Å². The van der Waals surface area contributed by atoms with Crippen LogP contribution in [0.1, 0.15) is 19.8 Å². The van der Waals surface area contributed by atoms with Gasteiger partial charge >= 0.3 is 39.6 Å². The fourth-order valence-electron chi connectivity index (χ4n) is 2.74. The van der Waals surface area contributed by atoms with Crippen LogP contribution >= 0.6 is 0 Å². The third-order valence-corrected chi connectivity index (χ3v) is 3.36. The molecule has 0 heterocycles. The molecule has 2 bridgehead atoms. The number of esters is 2. The quantitative estimate of drug-likeness (QED) is 0.362. The van der Waals surface area contributed by atoms with E-state index in [1.807, 2.05) is 6.42 Å². The largest absolute Gasteiger partial charge is 1.00 e. The van der Waals surface area contributed by atoms with E-state index >= 15 is 0 Å². The summed E-state index contributed by atoms with van der Waals surface area (Å²) in [6.07, 6.45) is 3.62. The zero-order valence-corrected chi connectivity index (χ0v) is 16.3. The van der Waals surface area contributed by atoms with Crippen molar-refractivity contribution < 1.29 is 59.1 Å². The van der Waals surface area contributed by atoms with Crippen molar-refractivity contribution in [3.8, 4) is 0 Å². The smallest absolute Gasteiger partial charge is 1.00 e. The molecular weight excluding hydrogens is 432 g/mol. The molecule has 0 aromatic heterocycles. The number of carbonyl (C=O) groups is 2. The molecular formula is C11H15ClHgO4. The summed E-state index contributed by atoms with van der Waals surface area (Å²) in [5.74, 6) is 0.125. The first-order valence-corrected chi connectivity index (χ1v) is 5.22. The molecule has 0 aromatic rings. The van der Waals surface area contributed by atoms with Gasteiger partial charge in [-0.05, 0) is 24.7 Å². The van der Waals surface area contributed by atoms with Gasteiger partial charge in [-0.15, -0.1) is 0 Å². The molecule has 2 aliphatic rings. The maximum absolute atomic E-state index is 11.4. The molecule has 2 saturated carbocycles. The Morgan fingerprint density at radius 3 is 2.35 bits per heavy atom. The van der Waals surface area contributed by atoms with Crippen LogP contribution in [0.25, 0.3) is 0 Å². The minimum atomic E-state index is -0.251. The van der Waals surface area contributed by atoms with Crippen molar-refractivity contribution in [2.75, 3.05) is 7.11 Å². The molecule has 6 heteroatoms. The average molecular weight is 447 g/mol. The monoisotopic (exact) mass is 448 g/mol. The van der Waals surface area contributed by atoms with E-state index in [1.165, 1.54) is 14.0 Å². The predicted molar refractivity (Wildman–Crippen MR) is 51.6 cm³/mol. The normalized spacial score (nSPS) is 33.3. The zero-order chi connectivity index (χ0) is 11.0. The summed E-state index contributed by atoms with van der Waals surface area (Å²) in [6.45, 7) is 1.41. The zero-order valence-electron chi connectivity index (χ0n) is 10.0. The first kappa shape index (κ1) is 17.2. The second-order valence-corrected chi connectivity index (χ2v) is 4.29. The van der Waals surface area contributed by atoms with Crippen LogP contribution in [0, 0.1) is 24.2 Å². The molecule has 0 saturated heterocycles. The maximum atomic E-state index is 11.4. The minimum absolute atomic E-state index is 0. The van der Waals surface area contributed by atoms with Crippen LogP contribution < -0.4 is 12.4 Å². The third-order valence-electron chi connectivity index (χ3n) is 3.36. The third kappa shape index (κ3) is 3.56. The molecule has 0 aromatic carbocycles. The molecule has 0 amide bonds. The summed E-state index contributed by atoms with van der Waals surface area (Å²) in [6, 6.07) is 0. The van der Waals surface area contributed by atoms with Gasteiger partial charge in [0.2, 0.25) is 0 Å². The summed E-state index contributed by atoms with van der Waals surface area (Å²) in [5.41, 5.74) is 0. The number of halogens is 1. The standard InChI is InChI=1S/C11H15O4.ClH.Hg/c1-6(12)15-10-5-7-3-8(10)4-9(7)11(13)14-2;;/h5,7-10H,3-4H2,1-2H3;1H;/q;;+1/p-1/t7-,8-,9+,10+;;/m0../s1. The van der Waals surface area contributed by atoms with Gasteiger partial charge < -0.3 is 21.9 Å². The van der Waals surface area contributed by atoms with E-state index in [-0.39, 0.29) is 70.0 Å². The van der Waals surface area contributed by atoms with Gasteiger partial charge in [-0.3, -0.25) is 9.59 Å². The molecule has 17 heavy (non-hydrogen) atoms. The second kappa shape index (κ2) is 6.93. The van der Waals surface area contributed by atoms with E-state index in [0.717, 1.165) is 12.8 Å². The van der Waals surface area contributed by atoms with Gasteiger partial charge in [-0.25, -0.2) is 0 Å². The van der Waals surface area contributed by atoms with E-state index in [9.17, 15) is 9.59 Å². The number of methoxy groups -OCH3 is 1. The van der Waals surface area contributed by atoms with E-state index in [4.69, 9.17) is 9.47 Å². The van der Waals surface area contributed by atoms with Crippen molar-refractivity contribution >= 4 is 11.9 Å². The summed E-state index contributed by atoms with van der Waals surface area (Å²) in [7, 11) is 1.41. The summed E-state index contributed by atoms with van der Waals surface area (Å²) in [4.78, 5) is 22.2. The maximum Gasteiger partial charge on any atom is 1.00 e. The average Bonchev–Trinajstić information content (AvgIpc) is 2.74. The molecule has 2 fully saturated rings. The molecule has 0 N–H and O–H groups in total. The molecule has 2 aliphatic carbocycles. The summed E-state index contributed by atoms with van der Waals surface area (Å²) >= 11 is 0. The Hall–Kier alpha value is 0.165. The number of hydrogen-bond acceptors (Lipinski definition) is 4. The molecule has 4 atom stereocenters. The van der Waals surface area contributed by atoms with Crippen LogP contribution in [0.3, 0.4) is 0 Å². The molecule has 2 radical (unpaired) electrons. The Balaban J connectivity index is 0.00000128. The van der Waals surface area contributed by atoms with Crippen LogP contribution in [0.4, 0.5) is 0 Å². The van der Waals surface area contributed by atoms with Crippen LogP contribution in [0.15, 0.2) is 0 Å². The van der Waals surface area contributed by atoms with Gasteiger partial charge in [0.25, 0.3) is 0 Å². The Morgan fingerprint density at radius 2 is 1.94 bits per heavy atom. The van der Waals surface area contributed by atoms with Gasteiger partial charge in [0.05, 0.1) is 13.0 Å². The van der Waals surface area contributed by atoms with Crippen LogP contribution in [-0.2, 0) is 46.7 Å². The van der Waals surface area contributed by atoms with Crippen LogP contribution in [0.2, 0.25) is 0 Å². The molecule has 92 valence electrons. The Morgan fingerprint density at radius 1 is 1.29 bits per heavy atom. The SMILES string of the molecule is COC(=O)[C@@H]1C[C@@H]2C[C@H]1[CH][C@H]2OC(C)=O.[Cl-].[Hg+]. The summed E-state index contributed by atoms with van der Waals surface area (Å²) in [5, 5.41) is 0. The number of rotatable bonds is 2. The van der Waals surface area contributed by atoms with Gasteiger partial charge in [-0.2, -0.15) is 0 Å². The number of fused-ring (bicyclic) bond motifs is 2. The van der Waals surface area contributed by atoms with E-state index in [2.05, 4.69) is 0 Å². The van der Waals surface area contributed by atoms with Gasteiger partial charge in [0, 0.05) is 13.3 Å². The van der Waals surface area contributed by atoms with Crippen molar-refractivity contribution in [3.63, 3.8) is 0 Å². The Kier molecular flexibility index (Phi) is 7.00. The fourth-order valence-corrected chi connectivity index (χ4v) is 2.74. The van der Waals surface area contributed by atoms with E-state index in [0.29, 0.717) is 5.92 Å². The van der Waals surface area contributed by atoms with Crippen molar-refractivity contribution in [3.05, 3.63) is 6.42 Å². The van der Waals surface area contributed by atoms with E-state index in [1.54, 1.807) is 0 Å². The minimum Gasteiger partial charge on any atom is -1.00 e. The van der Waals surface area contributed by atoms with Crippen molar-refractivity contribution in [1.29, 1.82) is 0 Å². The van der Waals surface area contributed by atoms with Crippen molar-refractivity contribution in [2.45, 2.75) is 25.9 Å². The first-order valence-electron chi connectivity index (χ1n) is 5.22. The Bertz CT molecular complexity index is 297. The van der Waals surface area contributed by atoms with Crippen molar-refractivity contribution in [1.82, 2.24) is 0 Å².